The Kier molecular flexibility index (Phi) is 4.98. The molecule has 1 aromatic heterocycles. The molecule has 0 amide bonds. The predicted molar refractivity (Wildman–Crippen MR) is 98.7 cm³/mol. The van der Waals surface area contributed by atoms with Crippen molar-refractivity contribution in [2.24, 2.45) is 5.41 Å². The number of thiophene rings is 1. The molecule has 0 aliphatic carbocycles. The van der Waals surface area contributed by atoms with E-state index in [2.05, 4.69) is 81.1 Å². The summed E-state index contributed by atoms with van der Waals surface area (Å²) in [5.41, 5.74) is 1.19. The first-order valence-corrected chi connectivity index (χ1v) is 8.06. The van der Waals surface area contributed by atoms with Crippen molar-refractivity contribution in [3.8, 4) is 0 Å². The van der Waals surface area contributed by atoms with Crippen LogP contribution < -0.4 is 0 Å². The van der Waals surface area contributed by atoms with Gasteiger partial charge in [-0.3, -0.25) is 0 Å². The maximum atomic E-state index is 3.96. The maximum absolute atomic E-state index is 3.96. The lowest BCUT2D eigenvalue weighted by atomic mass is 9.89. The van der Waals surface area contributed by atoms with Crippen LogP contribution in [0.3, 0.4) is 0 Å². The molecule has 0 N–H and O–H groups in total. The van der Waals surface area contributed by atoms with E-state index < -0.39 is 0 Å². The minimum Gasteiger partial charge on any atom is -0.135 e. The summed E-state index contributed by atoms with van der Waals surface area (Å²) in [7, 11) is 0. The summed E-state index contributed by atoms with van der Waals surface area (Å²) in [6.45, 7) is 10.2. The third-order valence-electron chi connectivity index (χ3n) is 3.56. The Morgan fingerprint density at radius 1 is 1.05 bits per heavy atom. The molecule has 0 bridgehead atoms. The molecule has 1 atom stereocenters. The van der Waals surface area contributed by atoms with Crippen LogP contribution in [0.5, 0.6) is 0 Å². The SMILES string of the molecule is C=CC(C)(/C=C/C)/C=C/c1c(/C=C\C)sc2ccccc12. The molecule has 0 radical (unpaired) electrons. The number of benzene rings is 1. The second-order valence-electron chi connectivity index (χ2n) is 5.28. The molecule has 0 spiro atoms. The van der Waals surface area contributed by atoms with Crippen LogP contribution in [-0.2, 0) is 0 Å². The van der Waals surface area contributed by atoms with Gasteiger partial charge in [0.05, 0.1) is 0 Å². The van der Waals surface area contributed by atoms with Crippen LogP contribution >= 0.6 is 11.3 Å². The van der Waals surface area contributed by atoms with E-state index in [1.165, 1.54) is 20.5 Å². The number of hydrogen-bond acceptors (Lipinski definition) is 1. The topological polar surface area (TPSA) is 0 Å². The van der Waals surface area contributed by atoms with Crippen LogP contribution in [0.1, 0.15) is 31.2 Å². The summed E-state index contributed by atoms with van der Waals surface area (Å²) in [5, 5.41) is 1.32. The Morgan fingerprint density at radius 2 is 1.81 bits per heavy atom. The fourth-order valence-corrected chi connectivity index (χ4v) is 3.51. The van der Waals surface area contributed by atoms with Crippen molar-refractivity contribution >= 4 is 33.6 Å². The van der Waals surface area contributed by atoms with Gasteiger partial charge in [-0.1, -0.05) is 54.7 Å². The van der Waals surface area contributed by atoms with Crippen molar-refractivity contribution in [3.05, 3.63) is 71.7 Å². The average Bonchev–Trinajstić information content (AvgIpc) is 2.83. The van der Waals surface area contributed by atoms with Gasteiger partial charge in [-0.15, -0.1) is 17.9 Å². The van der Waals surface area contributed by atoms with Gasteiger partial charge in [0.15, 0.2) is 0 Å². The third kappa shape index (κ3) is 3.43. The Hall–Kier alpha value is -1.86. The van der Waals surface area contributed by atoms with E-state index in [1.807, 2.05) is 24.3 Å². The molecule has 0 saturated carbocycles. The van der Waals surface area contributed by atoms with Gasteiger partial charge in [0.25, 0.3) is 0 Å². The summed E-state index contributed by atoms with van der Waals surface area (Å²) in [6.07, 6.45) is 15.0. The van der Waals surface area contributed by atoms with Crippen LogP contribution in [0.4, 0.5) is 0 Å². The number of rotatable bonds is 5. The molecule has 1 unspecified atom stereocenters. The van der Waals surface area contributed by atoms with Gasteiger partial charge in [0.1, 0.15) is 0 Å². The van der Waals surface area contributed by atoms with E-state index in [9.17, 15) is 0 Å². The maximum Gasteiger partial charge on any atom is 0.0355 e. The van der Waals surface area contributed by atoms with Crippen molar-refractivity contribution in [1.29, 1.82) is 0 Å². The van der Waals surface area contributed by atoms with Crippen LogP contribution in [-0.4, -0.2) is 0 Å². The largest absolute Gasteiger partial charge is 0.135 e. The smallest absolute Gasteiger partial charge is 0.0355 e. The molecule has 0 aliphatic rings. The molecule has 1 heterocycles. The summed E-state index contributed by atoms with van der Waals surface area (Å²) < 4.78 is 1.33. The van der Waals surface area contributed by atoms with E-state index in [1.54, 1.807) is 0 Å². The normalized spacial score (nSPS) is 15.4. The first kappa shape index (κ1) is 15.5. The Morgan fingerprint density at radius 3 is 2.48 bits per heavy atom. The highest BCUT2D eigenvalue weighted by Gasteiger charge is 2.13. The third-order valence-corrected chi connectivity index (χ3v) is 4.71. The Balaban J connectivity index is 2.54. The lowest BCUT2D eigenvalue weighted by Gasteiger charge is -2.15. The molecule has 2 aromatic rings. The van der Waals surface area contributed by atoms with Crippen molar-refractivity contribution in [2.45, 2.75) is 20.8 Å². The van der Waals surface area contributed by atoms with Gasteiger partial charge in [-0.2, -0.15) is 0 Å². The first-order valence-electron chi connectivity index (χ1n) is 7.24. The zero-order valence-corrected chi connectivity index (χ0v) is 13.8. The van der Waals surface area contributed by atoms with E-state index in [0.29, 0.717) is 0 Å². The quantitative estimate of drug-likeness (QED) is 0.537. The van der Waals surface area contributed by atoms with E-state index in [0.717, 1.165) is 0 Å². The van der Waals surface area contributed by atoms with Gasteiger partial charge in [0, 0.05) is 25.9 Å². The van der Waals surface area contributed by atoms with Gasteiger partial charge in [-0.25, -0.2) is 0 Å². The van der Waals surface area contributed by atoms with Crippen molar-refractivity contribution in [3.63, 3.8) is 0 Å². The highest BCUT2D eigenvalue weighted by molar-refractivity contribution is 7.20. The minimum absolute atomic E-state index is 0.106. The summed E-state index contributed by atoms with van der Waals surface area (Å²) in [5.74, 6) is 0. The van der Waals surface area contributed by atoms with Gasteiger partial charge < -0.3 is 0 Å². The van der Waals surface area contributed by atoms with Gasteiger partial charge in [-0.05, 0) is 32.9 Å². The molecule has 108 valence electrons. The summed E-state index contributed by atoms with van der Waals surface area (Å²) >= 11 is 1.84. The highest BCUT2D eigenvalue weighted by Crippen LogP contribution is 2.34. The molecule has 0 saturated heterocycles. The van der Waals surface area contributed by atoms with Gasteiger partial charge >= 0.3 is 0 Å². The van der Waals surface area contributed by atoms with E-state index in [-0.39, 0.29) is 5.41 Å². The molecular formula is C20H22S. The fourth-order valence-electron chi connectivity index (χ4n) is 2.35. The molecule has 0 nitrogen and oxygen atoms in total. The number of hydrogen-bond donors (Lipinski definition) is 0. The van der Waals surface area contributed by atoms with Crippen LogP contribution in [0.15, 0.2) is 61.2 Å². The summed E-state index contributed by atoms with van der Waals surface area (Å²) in [6, 6.07) is 8.58. The summed E-state index contributed by atoms with van der Waals surface area (Å²) in [4.78, 5) is 1.31. The lowest BCUT2D eigenvalue weighted by Crippen LogP contribution is -2.03. The zero-order chi connectivity index (χ0) is 15.3. The van der Waals surface area contributed by atoms with Crippen LogP contribution in [0.25, 0.3) is 22.2 Å². The number of fused-ring (bicyclic) bond motifs is 1. The van der Waals surface area contributed by atoms with Gasteiger partial charge in [0.2, 0.25) is 0 Å². The monoisotopic (exact) mass is 294 g/mol. The molecule has 0 aliphatic heterocycles. The van der Waals surface area contributed by atoms with Crippen molar-refractivity contribution in [1.82, 2.24) is 0 Å². The zero-order valence-electron chi connectivity index (χ0n) is 13.0. The Bertz CT molecular complexity index is 713. The predicted octanol–water partition coefficient (Wildman–Crippen LogP) is 6.72. The first-order chi connectivity index (χ1) is 10.1. The van der Waals surface area contributed by atoms with Crippen molar-refractivity contribution < 1.29 is 0 Å². The second-order valence-corrected chi connectivity index (χ2v) is 6.36. The molecule has 0 fully saturated rings. The molecule has 1 aromatic carbocycles. The molecule has 2 rings (SSSR count). The fraction of sp³-hybridized carbons (Fsp3) is 0.200. The minimum atomic E-state index is -0.106. The van der Waals surface area contributed by atoms with E-state index in [4.69, 9.17) is 0 Å². The highest BCUT2D eigenvalue weighted by atomic mass is 32.1. The lowest BCUT2D eigenvalue weighted by molar-refractivity contribution is 0.722. The second kappa shape index (κ2) is 6.73. The van der Waals surface area contributed by atoms with Crippen LogP contribution in [0, 0.1) is 5.41 Å². The van der Waals surface area contributed by atoms with Crippen LogP contribution in [0.2, 0.25) is 0 Å². The average molecular weight is 294 g/mol. The standard InChI is InChI=1S/C20H22S/c1-5-10-18-17(13-15-20(4,7-3)14-6-2)16-11-8-9-12-19(16)21-18/h5-15H,3H2,1-2,4H3/b10-5-,14-6+,15-13+. The number of allylic oxidation sites excluding steroid dienone is 5. The van der Waals surface area contributed by atoms with E-state index >= 15 is 0 Å². The molecule has 1 heteroatoms. The van der Waals surface area contributed by atoms with Crippen molar-refractivity contribution in [2.75, 3.05) is 0 Å². The Labute approximate surface area is 131 Å². The molecule has 21 heavy (non-hydrogen) atoms. The molecular weight excluding hydrogens is 272 g/mol.